The van der Waals surface area contributed by atoms with E-state index in [9.17, 15) is 9.90 Å². The number of aliphatic hydroxyl groups is 1. The molecule has 23 heavy (non-hydrogen) atoms. The Morgan fingerprint density at radius 3 is 2.78 bits per heavy atom. The largest absolute Gasteiger partial charge is 0.394 e. The first-order chi connectivity index (χ1) is 11.0. The van der Waals surface area contributed by atoms with Gasteiger partial charge in [-0.25, -0.2) is 0 Å². The predicted octanol–water partition coefficient (Wildman–Crippen LogP) is 3.47. The standard InChI is InChI=1S/C19H26N2O2/c1-12-9-13(2)17-16(10-12)14(3)18(20-17)19(23)21-8-6-4-5-7-15(21)11-22/h9-10,15,20,22H,4-8,11H2,1-3H3/t15-/m1/s1. The van der Waals surface area contributed by atoms with Crippen molar-refractivity contribution in [2.24, 2.45) is 0 Å². The zero-order valence-corrected chi connectivity index (χ0v) is 14.3. The molecule has 124 valence electrons. The van der Waals surface area contributed by atoms with E-state index in [0.29, 0.717) is 5.69 Å². The first-order valence-corrected chi connectivity index (χ1v) is 8.54. The molecule has 2 aromatic rings. The van der Waals surface area contributed by atoms with Gasteiger partial charge in [-0.3, -0.25) is 4.79 Å². The van der Waals surface area contributed by atoms with Gasteiger partial charge in [0.15, 0.2) is 0 Å². The summed E-state index contributed by atoms with van der Waals surface area (Å²) in [7, 11) is 0. The van der Waals surface area contributed by atoms with Crippen molar-refractivity contribution in [2.75, 3.05) is 13.2 Å². The zero-order chi connectivity index (χ0) is 16.6. The van der Waals surface area contributed by atoms with Gasteiger partial charge >= 0.3 is 0 Å². The molecule has 1 aliphatic rings. The van der Waals surface area contributed by atoms with Crippen LogP contribution in [0.1, 0.15) is 52.9 Å². The maximum absolute atomic E-state index is 13.1. The Hall–Kier alpha value is -1.81. The number of carbonyl (C=O) groups is 1. The van der Waals surface area contributed by atoms with Crippen molar-refractivity contribution in [1.82, 2.24) is 9.88 Å². The molecule has 1 aromatic heterocycles. The summed E-state index contributed by atoms with van der Waals surface area (Å²) < 4.78 is 0. The summed E-state index contributed by atoms with van der Waals surface area (Å²) in [5.41, 5.74) is 5.11. The molecule has 2 N–H and O–H groups in total. The number of fused-ring (bicyclic) bond motifs is 1. The smallest absolute Gasteiger partial charge is 0.270 e. The molecule has 1 aliphatic heterocycles. The van der Waals surface area contributed by atoms with E-state index in [-0.39, 0.29) is 18.6 Å². The number of carbonyl (C=O) groups excluding carboxylic acids is 1. The number of nitrogens with one attached hydrogen (secondary N) is 1. The highest BCUT2D eigenvalue weighted by Crippen LogP contribution is 2.28. The van der Waals surface area contributed by atoms with Crippen LogP contribution in [0.15, 0.2) is 12.1 Å². The van der Waals surface area contributed by atoms with Crippen LogP contribution in [0, 0.1) is 20.8 Å². The van der Waals surface area contributed by atoms with E-state index in [0.717, 1.165) is 54.3 Å². The molecule has 1 atom stereocenters. The van der Waals surface area contributed by atoms with E-state index >= 15 is 0 Å². The van der Waals surface area contributed by atoms with Crippen molar-refractivity contribution in [3.63, 3.8) is 0 Å². The first-order valence-electron chi connectivity index (χ1n) is 8.54. The van der Waals surface area contributed by atoms with E-state index in [2.05, 4.69) is 31.0 Å². The van der Waals surface area contributed by atoms with E-state index in [1.54, 1.807) is 0 Å². The van der Waals surface area contributed by atoms with Crippen LogP contribution in [-0.4, -0.2) is 40.1 Å². The number of likely N-dealkylation sites (tertiary alicyclic amines) is 1. The summed E-state index contributed by atoms with van der Waals surface area (Å²) in [5, 5.41) is 10.8. The van der Waals surface area contributed by atoms with Gasteiger partial charge in [-0.1, -0.05) is 24.5 Å². The van der Waals surface area contributed by atoms with Crippen LogP contribution in [0.25, 0.3) is 10.9 Å². The van der Waals surface area contributed by atoms with Gasteiger partial charge in [0.25, 0.3) is 5.91 Å². The lowest BCUT2D eigenvalue weighted by molar-refractivity contribution is 0.0594. The van der Waals surface area contributed by atoms with Crippen molar-refractivity contribution in [1.29, 1.82) is 0 Å². The van der Waals surface area contributed by atoms with Crippen molar-refractivity contribution < 1.29 is 9.90 Å². The molecule has 1 aromatic carbocycles. The van der Waals surface area contributed by atoms with Crippen LogP contribution < -0.4 is 0 Å². The topological polar surface area (TPSA) is 56.3 Å². The fourth-order valence-electron chi connectivity index (χ4n) is 3.77. The third-order valence-corrected chi connectivity index (χ3v) is 5.07. The number of aromatic nitrogens is 1. The molecule has 0 unspecified atom stereocenters. The van der Waals surface area contributed by atoms with Crippen molar-refractivity contribution in [3.05, 3.63) is 34.5 Å². The second-order valence-electron chi connectivity index (χ2n) is 6.81. The Labute approximate surface area is 137 Å². The fourth-order valence-corrected chi connectivity index (χ4v) is 3.77. The molecule has 1 fully saturated rings. The lowest BCUT2D eigenvalue weighted by atomic mass is 10.1. The van der Waals surface area contributed by atoms with Gasteiger partial charge in [-0.2, -0.15) is 0 Å². The number of hydrogen-bond acceptors (Lipinski definition) is 2. The number of amides is 1. The van der Waals surface area contributed by atoms with E-state index in [4.69, 9.17) is 0 Å². The third-order valence-electron chi connectivity index (χ3n) is 5.07. The van der Waals surface area contributed by atoms with Crippen molar-refractivity contribution in [2.45, 2.75) is 52.5 Å². The highest BCUT2D eigenvalue weighted by molar-refractivity contribution is 6.01. The van der Waals surface area contributed by atoms with Crippen LogP contribution in [0.5, 0.6) is 0 Å². The predicted molar refractivity (Wildman–Crippen MR) is 92.9 cm³/mol. The van der Waals surface area contributed by atoms with Crippen molar-refractivity contribution in [3.8, 4) is 0 Å². The van der Waals surface area contributed by atoms with Gasteiger partial charge in [0.2, 0.25) is 0 Å². The lowest BCUT2D eigenvalue weighted by Crippen LogP contribution is -2.42. The average Bonchev–Trinajstić information content (AvgIpc) is 2.73. The number of benzene rings is 1. The van der Waals surface area contributed by atoms with Crippen LogP contribution in [0.3, 0.4) is 0 Å². The Kier molecular flexibility index (Phi) is 4.44. The molecule has 3 rings (SSSR count). The molecule has 0 spiro atoms. The number of rotatable bonds is 2. The van der Waals surface area contributed by atoms with Gasteiger partial charge in [0.05, 0.1) is 12.6 Å². The molecule has 4 heteroatoms. The maximum Gasteiger partial charge on any atom is 0.270 e. The number of nitrogens with zero attached hydrogens (tertiary/aromatic N) is 1. The Balaban J connectivity index is 2.03. The molecule has 1 amide bonds. The minimum Gasteiger partial charge on any atom is -0.394 e. The SMILES string of the molecule is Cc1cc(C)c2[nH]c(C(=O)N3CCCCC[C@@H]3CO)c(C)c2c1. The zero-order valence-electron chi connectivity index (χ0n) is 14.3. The van der Waals surface area contributed by atoms with E-state index in [1.807, 2.05) is 11.8 Å². The second-order valence-corrected chi connectivity index (χ2v) is 6.81. The maximum atomic E-state index is 13.1. The van der Waals surface area contributed by atoms with Crippen LogP contribution in [0.4, 0.5) is 0 Å². The molecule has 0 bridgehead atoms. The molecule has 2 heterocycles. The minimum atomic E-state index is -0.0568. The van der Waals surface area contributed by atoms with Gasteiger partial charge in [-0.15, -0.1) is 0 Å². The number of aryl methyl sites for hydroxylation is 3. The Morgan fingerprint density at radius 1 is 1.26 bits per heavy atom. The molecule has 0 saturated carbocycles. The molecular formula is C19H26N2O2. The highest BCUT2D eigenvalue weighted by Gasteiger charge is 2.28. The third kappa shape index (κ3) is 2.88. The molecule has 4 nitrogen and oxygen atoms in total. The first kappa shape index (κ1) is 16.1. The minimum absolute atomic E-state index is 0.0247. The lowest BCUT2D eigenvalue weighted by Gasteiger charge is -2.28. The van der Waals surface area contributed by atoms with Gasteiger partial charge in [0, 0.05) is 17.4 Å². The normalized spacial score (nSPS) is 19.1. The number of aliphatic hydroxyl groups excluding tert-OH is 1. The highest BCUT2D eigenvalue weighted by atomic mass is 16.3. The van der Waals surface area contributed by atoms with Gasteiger partial charge in [-0.05, 0) is 50.8 Å². The molecular weight excluding hydrogens is 288 g/mol. The van der Waals surface area contributed by atoms with Crippen LogP contribution >= 0.6 is 0 Å². The summed E-state index contributed by atoms with van der Waals surface area (Å²) in [4.78, 5) is 18.3. The number of aromatic amines is 1. The van der Waals surface area contributed by atoms with Crippen LogP contribution in [0.2, 0.25) is 0 Å². The average molecular weight is 314 g/mol. The van der Waals surface area contributed by atoms with Gasteiger partial charge < -0.3 is 15.0 Å². The monoisotopic (exact) mass is 314 g/mol. The summed E-state index contributed by atoms with van der Waals surface area (Å²) in [5.74, 6) is 0.0247. The van der Waals surface area contributed by atoms with Crippen molar-refractivity contribution >= 4 is 16.8 Å². The summed E-state index contributed by atoms with van der Waals surface area (Å²) in [6, 6.07) is 4.21. The summed E-state index contributed by atoms with van der Waals surface area (Å²) in [6.07, 6.45) is 4.11. The molecule has 1 saturated heterocycles. The van der Waals surface area contributed by atoms with Crippen LogP contribution in [-0.2, 0) is 0 Å². The Bertz CT molecular complexity index is 733. The van der Waals surface area contributed by atoms with E-state index in [1.165, 1.54) is 5.56 Å². The quantitative estimate of drug-likeness (QED) is 0.892. The Morgan fingerprint density at radius 2 is 2.04 bits per heavy atom. The fraction of sp³-hybridized carbons (Fsp3) is 0.526. The summed E-state index contributed by atoms with van der Waals surface area (Å²) in [6.45, 7) is 6.94. The summed E-state index contributed by atoms with van der Waals surface area (Å²) >= 11 is 0. The van der Waals surface area contributed by atoms with E-state index < -0.39 is 0 Å². The second kappa shape index (κ2) is 6.36. The number of hydrogen-bond donors (Lipinski definition) is 2. The number of H-pyrrole nitrogens is 1. The molecule has 0 aliphatic carbocycles. The van der Waals surface area contributed by atoms with Gasteiger partial charge in [0.1, 0.15) is 5.69 Å². The molecule has 0 radical (unpaired) electrons.